The standard InChI is InChI=1S/C10H11FO2S/c1-14-3-2-13-10-5-8(7-12)4-9(11)6-10/h4-7H,2-3H2,1H3. The van der Waals surface area contributed by atoms with Crippen LogP contribution in [-0.4, -0.2) is 24.9 Å². The van der Waals surface area contributed by atoms with Crippen LogP contribution in [0.1, 0.15) is 10.4 Å². The summed E-state index contributed by atoms with van der Waals surface area (Å²) in [5.41, 5.74) is 0.296. The van der Waals surface area contributed by atoms with Crippen molar-refractivity contribution in [2.75, 3.05) is 18.6 Å². The van der Waals surface area contributed by atoms with E-state index in [2.05, 4.69) is 0 Å². The molecular weight excluding hydrogens is 203 g/mol. The van der Waals surface area contributed by atoms with Crippen molar-refractivity contribution >= 4 is 18.0 Å². The lowest BCUT2D eigenvalue weighted by molar-refractivity contribution is 0.112. The lowest BCUT2D eigenvalue weighted by atomic mass is 10.2. The van der Waals surface area contributed by atoms with Gasteiger partial charge in [-0.2, -0.15) is 11.8 Å². The second-order valence-electron chi connectivity index (χ2n) is 2.68. The summed E-state index contributed by atoms with van der Waals surface area (Å²) < 4.78 is 18.1. The fourth-order valence-corrected chi connectivity index (χ4v) is 1.23. The molecule has 0 unspecified atom stereocenters. The van der Waals surface area contributed by atoms with Crippen molar-refractivity contribution in [3.8, 4) is 5.75 Å². The molecule has 14 heavy (non-hydrogen) atoms. The van der Waals surface area contributed by atoms with Crippen LogP contribution in [0.5, 0.6) is 5.75 Å². The number of benzene rings is 1. The summed E-state index contributed by atoms with van der Waals surface area (Å²) in [6.07, 6.45) is 2.57. The highest BCUT2D eigenvalue weighted by Crippen LogP contribution is 2.15. The molecule has 0 N–H and O–H groups in total. The van der Waals surface area contributed by atoms with Gasteiger partial charge in [-0.15, -0.1) is 0 Å². The number of halogens is 1. The second-order valence-corrected chi connectivity index (χ2v) is 3.66. The van der Waals surface area contributed by atoms with E-state index >= 15 is 0 Å². The minimum atomic E-state index is -0.450. The third-order valence-electron chi connectivity index (χ3n) is 1.59. The topological polar surface area (TPSA) is 26.3 Å². The molecule has 2 nitrogen and oxygen atoms in total. The van der Waals surface area contributed by atoms with Gasteiger partial charge in [-0.25, -0.2) is 4.39 Å². The predicted octanol–water partition coefficient (Wildman–Crippen LogP) is 2.38. The Morgan fingerprint density at radius 1 is 1.50 bits per heavy atom. The van der Waals surface area contributed by atoms with Crippen molar-refractivity contribution in [2.45, 2.75) is 0 Å². The minimum absolute atomic E-state index is 0.296. The summed E-state index contributed by atoms with van der Waals surface area (Å²) in [5, 5.41) is 0. The SMILES string of the molecule is CSCCOc1cc(F)cc(C=O)c1. The molecule has 0 heterocycles. The fourth-order valence-electron chi connectivity index (χ4n) is 0.979. The molecule has 0 saturated carbocycles. The van der Waals surface area contributed by atoms with Gasteiger partial charge in [-0.1, -0.05) is 0 Å². The first-order valence-electron chi connectivity index (χ1n) is 4.14. The summed E-state index contributed by atoms with van der Waals surface area (Å²) in [7, 11) is 0. The van der Waals surface area contributed by atoms with Crippen molar-refractivity contribution in [3.63, 3.8) is 0 Å². The molecule has 0 atom stereocenters. The molecule has 0 saturated heterocycles. The zero-order chi connectivity index (χ0) is 10.4. The Morgan fingerprint density at radius 3 is 2.93 bits per heavy atom. The minimum Gasteiger partial charge on any atom is -0.493 e. The Labute approximate surface area is 86.5 Å². The van der Waals surface area contributed by atoms with Gasteiger partial charge >= 0.3 is 0 Å². The third-order valence-corrected chi connectivity index (χ3v) is 2.16. The second kappa shape index (κ2) is 5.65. The molecule has 0 aliphatic carbocycles. The average Bonchev–Trinajstić information content (AvgIpc) is 2.17. The zero-order valence-corrected chi connectivity index (χ0v) is 8.64. The Morgan fingerprint density at radius 2 is 2.29 bits per heavy atom. The summed E-state index contributed by atoms with van der Waals surface area (Å²) >= 11 is 1.65. The average molecular weight is 214 g/mol. The van der Waals surface area contributed by atoms with E-state index in [0.29, 0.717) is 24.2 Å². The molecule has 0 spiro atoms. The fraction of sp³-hybridized carbons (Fsp3) is 0.300. The van der Waals surface area contributed by atoms with Crippen molar-refractivity contribution in [1.82, 2.24) is 0 Å². The summed E-state index contributed by atoms with van der Waals surface area (Å²) in [4.78, 5) is 10.4. The molecule has 76 valence electrons. The molecule has 0 radical (unpaired) electrons. The van der Waals surface area contributed by atoms with E-state index in [9.17, 15) is 9.18 Å². The van der Waals surface area contributed by atoms with Crippen LogP contribution in [0.4, 0.5) is 4.39 Å². The van der Waals surface area contributed by atoms with Crippen molar-refractivity contribution < 1.29 is 13.9 Å². The van der Waals surface area contributed by atoms with Crippen molar-refractivity contribution in [3.05, 3.63) is 29.6 Å². The van der Waals surface area contributed by atoms with Crippen LogP contribution >= 0.6 is 11.8 Å². The summed E-state index contributed by atoms with van der Waals surface area (Å²) in [6, 6.07) is 3.97. The number of rotatable bonds is 5. The van der Waals surface area contributed by atoms with Gasteiger partial charge in [0.15, 0.2) is 0 Å². The van der Waals surface area contributed by atoms with Gasteiger partial charge in [0.05, 0.1) is 6.61 Å². The highest BCUT2D eigenvalue weighted by molar-refractivity contribution is 7.98. The first-order valence-corrected chi connectivity index (χ1v) is 5.53. The van der Waals surface area contributed by atoms with Gasteiger partial charge in [0.1, 0.15) is 17.9 Å². The number of ether oxygens (including phenoxy) is 1. The van der Waals surface area contributed by atoms with E-state index in [1.54, 1.807) is 11.8 Å². The number of carbonyl (C=O) groups is 1. The normalized spacial score (nSPS) is 9.86. The van der Waals surface area contributed by atoms with E-state index < -0.39 is 5.82 Å². The maximum absolute atomic E-state index is 12.9. The number of carbonyl (C=O) groups excluding carboxylic acids is 1. The molecule has 4 heteroatoms. The number of hydrogen-bond acceptors (Lipinski definition) is 3. The maximum Gasteiger partial charge on any atom is 0.150 e. The van der Waals surface area contributed by atoms with Gasteiger partial charge in [0.25, 0.3) is 0 Å². The van der Waals surface area contributed by atoms with Crippen molar-refractivity contribution in [1.29, 1.82) is 0 Å². The molecule has 1 aromatic rings. The number of hydrogen-bond donors (Lipinski definition) is 0. The van der Waals surface area contributed by atoms with Crippen LogP contribution < -0.4 is 4.74 Å². The molecule has 0 aliphatic rings. The molecule has 0 fully saturated rings. The Balaban J connectivity index is 2.66. The van der Waals surface area contributed by atoms with Gasteiger partial charge < -0.3 is 4.74 Å². The monoisotopic (exact) mass is 214 g/mol. The zero-order valence-electron chi connectivity index (χ0n) is 7.83. The number of thioether (sulfide) groups is 1. The lowest BCUT2D eigenvalue weighted by Crippen LogP contribution is -2.00. The Kier molecular flexibility index (Phi) is 4.46. The summed E-state index contributed by atoms with van der Waals surface area (Å²) in [5.74, 6) is 0.794. The molecule has 0 bridgehead atoms. The smallest absolute Gasteiger partial charge is 0.150 e. The quantitative estimate of drug-likeness (QED) is 0.556. The Hall–Kier alpha value is -1.03. The Bertz CT molecular complexity index is 315. The van der Waals surface area contributed by atoms with Gasteiger partial charge in [0, 0.05) is 17.4 Å². The van der Waals surface area contributed by atoms with Crippen LogP contribution in [0.25, 0.3) is 0 Å². The van der Waals surface area contributed by atoms with E-state index in [0.717, 1.165) is 5.75 Å². The van der Waals surface area contributed by atoms with Gasteiger partial charge in [0.2, 0.25) is 0 Å². The molecule has 0 aromatic heterocycles. The lowest BCUT2D eigenvalue weighted by Gasteiger charge is -2.05. The van der Waals surface area contributed by atoms with E-state index in [4.69, 9.17) is 4.74 Å². The molecular formula is C10H11FO2S. The van der Waals surface area contributed by atoms with Crippen LogP contribution in [0.2, 0.25) is 0 Å². The van der Waals surface area contributed by atoms with Crippen LogP contribution in [-0.2, 0) is 0 Å². The van der Waals surface area contributed by atoms with Gasteiger partial charge in [-0.3, -0.25) is 4.79 Å². The van der Waals surface area contributed by atoms with Crippen LogP contribution in [0, 0.1) is 5.82 Å². The predicted molar refractivity (Wildman–Crippen MR) is 55.7 cm³/mol. The van der Waals surface area contributed by atoms with E-state index in [1.165, 1.54) is 18.2 Å². The van der Waals surface area contributed by atoms with Crippen LogP contribution in [0.15, 0.2) is 18.2 Å². The highest BCUT2D eigenvalue weighted by Gasteiger charge is 2.00. The molecule has 1 rings (SSSR count). The molecule has 0 aliphatic heterocycles. The van der Waals surface area contributed by atoms with Crippen molar-refractivity contribution in [2.24, 2.45) is 0 Å². The van der Waals surface area contributed by atoms with E-state index in [1.807, 2.05) is 6.26 Å². The third kappa shape index (κ3) is 3.38. The first-order chi connectivity index (χ1) is 6.76. The largest absolute Gasteiger partial charge is 0.493 e. The molecule has 1 aromatic carbocycles. The van der Waals surface area contributed by atoms with Gasteiger partial charge in [-0.05, 0) is 18.4 Å². The van der Waals surface area contributed by atoms with Crippen LogP contribution in [0.3, 0.4) is 0 Å². The number of aldehydes is 1. The first kappa shape index (κ1) is 11.0. The van der Waals surface area contributed by atoms with E-state index in [-0.39, 0.29) is 0 Å². The maximum atomic E-state index is 12.9. The highest BCUT2D eigenvalue weighted by atomic mass is 32.2. The summed E-state index contributed by atoms with van der Waals surface area (Å²) in [6.45, 7) is 0.517. The molecule has 0 amide bonds.